The highest BCUT2D eigenvalue weighted by Gasteiger charge is 2.32. The number of nitrogens with two attached hydrogens (primary N) is 1. The van der Waals surface area contributed by atoms with Crippen molar-refractivity contribution in [2.24, 2.45) is 11.1 Å². The molecule has 1 amide bonds. The maximum Gasteiger partial charge on any atom is 0.262 e. The molecule has 1 aromatic heterocycles. The van der Waals surface area contributed by atoms with Crippen molar-refractivity contribution in [3.05, 3.63) is 21.9 Å². The van der Waals surface area contributed by atoms with Crippen LogP contribution in [0.5, 0.6) is 0 Å². The minimum absolute atomic E-state index is 0.000906. The van der Waals surface area contributed by atoms with Gasteiger partial charge in [0.05, 0.1) is 6.54 Å². The first-order valence-corrected chi connectivity index (χ1v) is 7.47. The second-order valence-electron chi connectivity index (χ2n) is 5.75. The number of hydrogen-bond acceptors (Lipinski definition) is 3. The molecule has 1 heterocycles. The summed E-state index contributed by atoms with van der Waals surface area (Å²) in [5.74, 6) is 5.75. The summed E-state index contributed by atoms with van der Waals surface area (Å²) in [4.78, 5) is 13.0. The summed E-state index contributed by atoms with van der Waals surface area (Å²) in [7, 11) is 0. The van der Waals surface area contributed by atoms with Crippen LogP contribution < -0.4 is 11.1 Å². The summed E-state index contributed by atoms with van der Waals surface area (Å²) in [5.41, 5.74) is 6.49. The van der Waals surface area contributed by atoms with Crippen LogP contribution in [0, 0.1) is 17.3 Å². The third-order valence-electron chi connectivity index (χ3n) is 3.50. The molecule has 3 nitrogen and oxygen atoms in total. The van der Waals surface area contributed by atoms with Gasteiger partial charge in [-0.2, -0.15) is 0 Å². The lowest BCUT2D eigenvalue weighted by Crippen LogP contribution is -2.33. The minimum Gasteiger partial charge on any atom is -0.349 e. The second-order valence-corrected chi connectivity index (χ2v) is 6.66. The van der Waals surface area contributed by atoms with E-state index in [4.69, 9.17) is 5.73 Å². The highest BCUT2D eigenvalue weighted by atomic mass is 32.1. The Bertz CT molecular complexity index is 522. The van der Waals surface area contributed by atoms with Crippen LogP contribution in [0.2, 0.25) is 0 Å². The smallest absolute Gasteiger partial charge is 0.262 e. The van der Waals surface area contributed by atoms with E-state index in [-0.39, 0.29) is 5.91 Å². The molecule has 1 saturated carbocycles. The van der Waals surface area contributed by atoms with Crippen LogP contribution in [0.25, 0.3) is 0 Å². The fraction of sp³-hybridized carbons (Fsp3) is 0.533. The number of hydrogen-bond donors (Lipinski definition) is 2. The Kier molecular flexibility index (Phi) is 4.28. The third kappa shape index (κ3) is 3.59. The van der Waals surface area contributed by atoms with E-state index in [1.165, 1.54) is 17.8 Å². The first-order valence-electron chi connectivity index (χ1n) is 6.59. The van der Waals surface area contributed by atoms with Gasteiger partial charge in [-0.05, 0) is 36.1 Å². The van der Waals surface area contributed by atoms with Crippen molar-refractivity contribution in [1.29, 1.82) is 0 Å². The number of carbonyl (C=O) groups is 1. The molecule has 1 aromatic rings. The molecule has 0 bridgehead atoms. The third-order valence-corrected chi connectivity index (χ3v) is 4.41. The molecule has 3 N–H and O–H groups in total. The molecule has 1 aliphatic rings. The Morgan fingerprint density at radius 1 is 1.63 bits per heavy atom. The first kappa shape index (κ1) is 14.1. The lowest BCUT2D eigenvalue weighted by molar-refractivity contribution is 0.0940. The van der Waals surface area contributed by atoms with Gasteiger partial charge in [-0.25, -0.2) is 0 Å². The van der Waals surface area contributed by atoms with Crippen LogP contribution in [-0.2, 0) is 0 Å². The zero-order valence-corrected chi connectivity index (χ0v) is 12.3. The number of nitrogens with one attached hydrogen (secondary N) is 1. The van der Waals surface area contributed by atoms with Crippen molar-refractivity contribution in [2.45, 2.75) is 39.2 Å². The number of rotatable bonds is 2. The maximum atomic E-state index is 12.3. The molecule has 1 unspecified atom stereocenters. The van der Waals surface area contributed by atoms with E-state index in [9.17, 15) is 4.79 Å². The molecule has 0 saturated heterocycles. The molecule has 19 heavy (non-hydrogen) atoms. The largest absolute Gasteiger partial charge is 0.349 e. The van der Waals surface area contributed by atoms with E-state index < -0.39 is 0 Å². The summed E-state index contributed by atoms with van der Waals surface area (Å²) in [6, 6.07) is 2.17. The van der Waals surface area contributed by atoms with Crippen LogP contribution in [-0.4, -0.2) is 18.5 Å². The van der Waals surface area contributed by atoms with Gasteiger partial charge in [0.1, 0.15) is 4.88 Å². The second kappa shape index (κ2) is 5.77. The van der Waals surface area contributed by atoms with Crippen LogP contribution in [0.15, 0.2) is 11.4 Å². The molecule has 4 heteroatoms. The van der Waals surface area contributed by atoms with E-state index in [1.54, 1.807) is 0 Å². The van der Waals surface area contributed by atoms with Gasteiger partial charge < -0.3 is 11.1 Å². The standard InChI is InChI=1S/C15H20N2OS/c1-15(2)7-5-12(10-15)17-14(18)13-11(4-3-8-16)6-9-19-13/h6,9,12H,5,7-8,10,16H2,1-2H3,(H,17,18). The predicted octanol–water partition coefficient (Wildman–Crippen LogP) is 2.37. The average molecular weight is 276 g/mol. The summed E-state index contributed by atoms with van der Waals surface area (Å²) < 4.78 is 0. The quantitative estimate of drug-likeness (QED) is 0.815. The maximum absolute atomic E-state index is 12.3. The van der Waals surface area contributed by atoms with Gasteiger partial charge in [-0.3, -0.25) is 4.79 Å². The van der Waals surface area contributed by atoms with Crippen molar-refractivity contribution < 1.29 is 4.79 Å². The Morgan fingerprint density at radius 3 is 3.05 bits per heavy atom. The van der Waals surface area contributed by atoms with E-state index >= 15 is 0 Å². The lowest BCUT2D eigenvalue weighted by atomic mass is 9.92. The van der Waals surface area contributed by atoms with Crippen LogP contribution in [0.1, 0.15) is 48.3 Å². The van der Waals surface area contributed by atoms with Crippen LogP contribution in [0.3, 0.4) is 0 Å². The molecule has 1 aliphatic carbocycles. The van der Waals surface area contributed by atoms with Gasteiger partial charge in [0.2, 0.25) is 0 Å². The van der Waals surface area contributed by atoms with Crippen LogP contribution in [0.4, 0.5) is 0 Å². The molecule has 0 aromatic carbocycles. The van der Waals surface area contributed by atoms with Crippen molar-refractivity contribution in [2.75, 3.05) is 6.54 Å². The van der Waals surface area contributed by atoms with E-state index in [0.717, 1.165) is 18.4 Å². The number of amides is 1. The van der Waals surface area contributed by atoms with Crippen molar-refractivity contribution in [1.82, 2.24) is 5.32 Å². The first-order chi connectivity index (χ1) is 9.02. The fourth-order valence-corrected chi connectivity index (χ4v) is 3.29. The molecule has 1 fully saturated rings. The van der Waals surface area contributed by atoms with Crippen molar-refractivity contribution >= 4 is 17.2 Å². The van der Waals surface area contributed by atoms with Crippen molar-refractivity contribution in [3.63, 3.8) is 0 Å². The molecular formula is C15H20N2OS. The van der Waals surface area contributed by atoms with Gasteiger partial charge in [-0.15, -0.1) is 11.3 Å². The fourth-order valence-electron chi connectivity index (χ4n) is 2.54. The Morgan fingerprint density at radius 2 is 2.42 bits per heavy atom. The number of thiophene rings is 1. The average Bonchev–Trinajstić information content (AvgIpc) is 2.93. The minimum atomic E-state index is -0.000906. The molecular weight excluding hydrogens is 256 g/mol. The molecule has 102 valence electrons. The Hall–Kier alpha value is -1.31. The molecule has 0 radical (unpaired) electrons. The van der Waals surface area contributed by atoms with Crippen molar-refractivity contribution in [3.8, 4) is 11.8 Å². The van der Waals surface area contributed by atoms with E-state index in [0.29, 0.717) is 22.9 Å². The predicted molar refractivity (Wildman–Crippen MR) is 79.1 cm³/mol. The topological polar surface area (TPSA) is 55.1 Å². The highest BCUT2D eigenvalue weighted by Crippen LogP contribution is 2.37. The lowest BCUT2D eigenvalue weighted by Gasteiger charge is -2.17. The van der Waals surface area contributed by atoms with Gasteiger partial charge in [0.15, 0.2) is 0 Å². The summed E-state index contributed by atoms with van der Waals surface area (Å²) in [5, 5.41) is 5.02. The summed E-state index contributed by atoms with van der Waals surface area (Å²) >= 11 is 1.44. The summed E-state index contributed by atoms with van der Waals surface area (Å²) in [6.07, 6.45) is 3.28. The van der Waals surface area contributed by atoms with Gasteiger partial charge >= 0.3 is 0 Å². The molecule has 1 atom stereocenters. The molecule has 0 aliphatic heterocycles. The molecule has 0 spiro atoms. The Balaban J connectivity index is 2.03. The van der Waals surface area contributed by atoms with E-state index in [1.807, 2.05) is 11.4 Å². The Labute approximate surface area is 118 Å². The van der Waals surface area contributed by atoms with Gasteiger partial charge in [0, 0.05) is 11.6 Å². The van der Waals surface area contributed by atoms with Gasteiger partial charge in [0.25, 0.3) is 5.91 Å². The van der Waals surface area contributed by atoms with E-state index in [2.05, 4.69) is 31.0 Å². The number of carbonyl (C=O) groups excluding carboxylic acids is 1. The normalized spacial score (nSPS) is 20.7. The molecule has 2 rings (SSSR count). The summed E-state index contributed by atoms with van der Waals surface area (Å²) in [6.45, 7) is 4.82. The van der Waals surface area contributed by atoms with Crippen LogP contribution >= 0.6 is 11.3 Å². The van der Waals surface area contributed by atoms with Gasteiger partial charge in [-0.1, -0.05) is 25.7 Å². The highest BCUT2D eigenvalue weighted by molar-refractivity contribution is 7.12. The SMILES string of the molecule is CC1(C)CCC(NC(=O)c2sccc2C#CCN)C1. The monoisotopic (exact) mass is 276 g/mol. The zero-order chi connectivity index (χ0) is 13.9. The zero-order valence-electron chi connectivity index (χ0n) is 11.5.